The normalized spacial score (nSPS) is 11.8. The highest BCUT2D eigenvalue weighted by molar-refractivity contribution is 5.33. The number of hydrogen-bond donors (Lipinski definition) is 0. The molecule has 1 radical (unpaired) electrons. The Morgan fingerprint density at radius 3 is 2.86 bits per heavy atom. The van der Waals surface area contributed by atoms with E-state index in [0.717, 1.165) is 19.3 Å². The molecule has 0 saturated carbocycles. The van der Waals surface area contributed by atoms with Gasteiger partial charge < -0.3 is 0 Å². The average Bonchev–Trinajstić information content (AvgIpc) is 2.20. The van der Waals surface area contributed by atoms with E-state index >= 15 is 0 Å². The molecule has 0 heterocycles. The van der Waals surface area contributed by atoms with E-state index in [-0.39, 0.29) is 6.04 Å². The van der Waals surface area contributed by atoms with Crippen LogP contribution < -0.4 is 0 Å². The van der Waals surface area contributed by atoms with Gasteiger partial charge in [0.15, 0.2) is 0 Å². The van der Waals surface area contributed by atoms with Crippen molar-refractivity contribution in [2.45, 2.75) is 32.2 Å². The number of aryl methyl sites for hydroxylation is 1. The van der Waals surface area contributed by atoms with Crippen molar-refractivity contribution in [2.75, 3.05) is 0 Å². The van der Waals surface area contributed by atoms with Gasteiger partial charge in [-0.1, -0.05) is 24.3 Å². The SMILES string of the molecule is CC(CCCc1cc[c]cc1)N=C=O. The fourth-order valence-electron chi connectivity index (χ4n) is 1.34. The lowest BCUT2D eigenvalue weighted by molar-refractivity contribution is 0.552. The van der Waals surface area contributed by atoms with E-state index in [9.17, 15) is 4.79 Å². The summed E-state index contributed by atoms with van der Waals surface area (Å²) in [6, 6.07) is 11.0. The number of carbonyl (C=O) groups excluding carboxylic acids is 1. The number of benzene rings is 1. The standard InChI is InChI=1S/C12H14NO/c1-11(13-10-14)6-5-9-12-7-3-2-4-8-12/h3-4,7-8,11H,5-6,9H2,1H3. The van der Waals surface area contributed by atoms with Crippen molar-refractivity contribution in [3.63, 3.8) is 0 Å². The van der Waals surface area contributed by atoms with Crippen molar-refractivity contribution in [3.8, 4) is 0 Å². The number of aliphatic imine (C=N–C) groups is 1. The van der Waals surface area contributed by atoms with Crippen molar-refractivity contribution in [1.29, 1.82) is 0 Å². The van der Waals surface area contributed by atoms with E-state index in [1.807, 2.05) is 19.1 Å². The molecular weight excluding hydrogens is 174 g/mol. The highest BCUT2D eigenvalue weighted by atomic mass is 16.1. The van der Waals surface area contributed by atoms with Gasteiger partial charge in [0, 0.05) is 0 Å². The van der Waals surface area contributed by atoms with E-state index in [2.05, 4.69) is 23.2 Å². The van der Waals surface area contributed by atoms with E-state index in [4.69, 9.17) is 0 Å². The monoisotopic (exact) mass is 188 g/mol. The minimum atomic E-state index is 0.0998. The maximum absolute atomic E-state index is 9.95. The zero-order valence-electron chi connectivity index (χ0n) is 8.36. The van der Waals surface area contributed by atoms with Crippen molar-refractivity contribution in [3.05, 3.63) is 35.9 Å². The molecule has 0 aliphatic carbocycles. The first kappa shape index (κ1) is 10.7. The lowest BCUT2D eigenvalue weighted by Gasteiger charge is -2.03. The van der Waals surface area contributed by atoms with Crippen LogP contribution >= 0.6 is 0 Å². The summed E-state index contributed by atoms with van der Waals surface area (Å²) in [5.41, 5.74) is 1.31. The fourth-order valence-corrected chi connectivity index (χ4v) is 1.34. The number of nitrogens with zero attached hydrogens (tertiary/aromatic N) is 1. The Morgan fingerprint density at radius 1 is 1.50 bits per heavy atom. The third-order valence-corrected chi connectivity index (χ3v) is 2.15. The average molecular weight is 188 g/mol. The molecule has 0 saturated heterocycles. The van der Waals surface area contributed by atoms with Crippen molar-refractivity contribution < 1.29 is 4.79 Å². The van der Waals surface area contributed by atoms with Crippen molar-refractivity contribution in [2.24, 2.45) is 4.99 Å². The second-order valence-corrected chi connectivity index (χ2v) is 3.37. The predicted octanol–water partition coefficient (Wildman–Crippen LogP) is 2.53. The molecule has 2 nitrogen and oxygen atoms in total. The molecule has 0 fully saturated rings. The molecular formula is C12H14NO. The molecule has 1 aromatic carbocycles. The fraction of sp³-hybridized carbons (Fsp3) is 0.417. The van der Waals surface area contributed by atoms with Gasteiger partial charge in [0.05, 0.1) is 6.04 Å². The maximum Gasteiger partial charge on any atom is 0.235 e. The molecule has 0 amide bonds. The van der Waals surface area contributed by atoms with E-state index in [0.29, 0.717) is 0 Å². The van der Waals surface area contributed by atoms with Crippen LogP contribution in [0.25, 0.3) is 0 Å². The quantitative estimate of drug-likeness (QED) is 0.515. The van der Waals surface area contributed by atoms with Gasteiger partial charge in [-0.25, -0.2) is 9.79 Å². The van der Waals surface area contributed by atoms with Gasteiger partial charge in [0.1, 0.15) is 0 Å². The molecule has 0 N–H and O–H groups in total. The molecule has 1 atom stereocenters. The van der Waals surface area contributed by atoms with Gasteiger partial charge in [-0.2, -0.15) is 0 Å². The summed E-state index contributed by atoms with van der Waals surface area (Å²) in [7, 11) is 0. The molecule has 0 aromatic heterocycles. The smallest absolute Gasteiger partial charge is 0.211 e. The predicted molar refractivity (Wildman–Crippen MR) is 55.8 cm³/mol. The van der Waals surface area contributed by atoms with Crippen LogP contribution in [0, 0.1) is 6.07 Å². The van der Waals surface area contributed by atoms with Gasteiger partial charge in [0.2, 0.25) is 6.08 Å². The first-order valence-corrected chi connectivity index (χ1v) is 4.85. The molecule has 73 valence electrons. The van der Waals surface area contributed by atoms with Crippen LogP contribution in [0.5, 0.6) is 0 Å². The van der Waals surface area contributed by atoms with E-state index in [1.54, 1.807) is 6.08 Å². The van der Waals surface area contributed by atoms with Crippen molar-refractivity contribution in [1.82, 2.24) is 0 Å². The molecule has 1 aromatic rings. The highest BCUT2D eigenvalue weighted by Crippen LogP contribution is 2.07. The zero-order valence-corrected chi connectivity index (χ0v) is 8.36. The van der Waals surface area contributed by atoms with Crippen LogP contribution in [0.3, 0.4) is 0 Å². The molecule has 14 heavy (non-hydrogen) atoms. The lowest BCUT2D eigenvalue weighted by atomic mass is 10.1. The highest BCUT2D eigenvalue weighted by Gasteiger charge is 1.98. The molecule has 0 spiro atoms. The molecule has 2 heteroatoms. The summed E-state index contributed by atoms with van der Waals surface area (Å²) in [6.07, 6.45) is 4.61. The number of hydrogen-bond acceptors (Lipinski definition) is 2. The van der Waals surface area contributed by atoms with Gasteiger partial charge in [-0.05, 0) is 37.8 Å². The largest absolute Gasteiger partial charge is 0.235 e. The number of rotatable bonds is 5. The molecule has 0 aliphatic rings. The Labute approximate surface area is 84.7 Å². The van der Waals surface area contributed by atoms with Crippen LogP contribution in [0.4, 0.5) is 0 Å². The van der Waals surface area contributed by atoms with Crippen LogP contribution in [0.1, 0.15) is 25.3 Å². The van der Waals surface area contributed by atoms with Gasteiger partial charge in [0.25, 0.3) is 0 Å². The van der Waals surface area contributed by atoms with Crippen LogP contribution in [0.2, 0.25) is 0 Å². The Hall–Kier alpha value is -1.40. The summed E-state index contributed by atoms with van der Waals surface area (Å²) in [5.74, 6) is 0. The Morgan fingerprint density at radius 2 is 2.21 bits per heavy atom. The third-order valence-electron chi connectivity index (χ3n) is 2.15. The number of isocyanates is 1. The maximum atomic E-state index is 9.95. The topological polar surface area (TPSA) is 29.4 Å². The Balaban J connectivity index is 2.25. The lowest BCUT2D eigenvalue weighted by Crippen LogP contribution is -1.98. The molecule has 1 rings (SSSR count). The van der Waals surface area contributed by atoms with E-state index < -0.39 is 0 Å². The minimum absolute atomic E-state index is 0.0998. The van der Waals surface area contributed by atoms with E-state index in [1.165, 1.54) is 5.56 Å². The summed E-state index contributed by atoms with van der Waals surface area (Å²) in [5, 5.41) is 0. The summed E-state index contributed by atoms with van der Waals surface area (Å²) >= 11 is 0. The second-order valence-electron chi connectivity index (χ2n) is 3.37. The second kappa shape index (κ2) is 6.11. The van der Waals surface area contributed by atoms with Gasteiger partial charge in [-0.3, -0.25) is 0 Å². The zero-order chi connectivity index (χ0) is 10.2. The molecule has 0 aliphatic heterocycles. The van der Waals surface area contributed by atoms with Crippen LogP contribution in [-0.2, 0) is 11.2 Å². The summed E-state index contributed by atoms with van der Waals surface area (Å²) < 4.78 is 0. The van der Waals surface area contributed by atoms with Crippen LogP contribution in [0.15, 0.2) is 29.3 Å². The first-order chi connectivity index (χ1) is 6.83. The molecule has 1 unspecified atom stereocenters. The minimum Gasteiger partial charge on any atom is -0.211 e. The molecule has 0 bridgehead atoms. The Bertz CT molecular complexity index is 301. The van der Waals surface area contributed by atoms with Crippen molar-refractivity contribution >= 4 is 6.08 Å². The Kier molecular flexibility index (Phi) is 4.66. The van der Waals surface area contributed by atoms with Gasteiger partial charge >= 0.3 is 0 Å². The first-order valence-electron chi connectivity index (χ1n) is 4.85. The third kappa shape index (κ3) is 4.01. The summed E-state index contributed by atoms with van der Waals surface area (Å²) in [4.78, 5) is 13.6. The summed E-state index contributed by atoms with van der Waals surface area (Å²) in [6.45, 7) is 1.93. The van der Waals surface area contributed by atoms with Gasteiger partial charge in [-0.15, -0.1) is 0 Å². The van der Waals surface area contributed by atoms with Crippen LogP contribution in [-0.4, -0.2) is 12.1 Å².